The van der Waals surface area contributed by atoms with Crippen molar-refractivity contribution in [2.45, 2.75) is 38.3 Å². The van der Waals surface area contributed by atoms with E-state index in [0.29, 0.717) is 12.8 Å². The molecule has 0 saturated carbocycles. The van der Waals surface area contributed by atoms with Gasteiger partial charge in [-0.15, -0.1) is 0 Å². The molecule has 0 bridgehead atoms. The van der Waals surface area contributed by atoms with Crippen LogP contribution in [-0.2, 0) is 4.74 Å². The Morgan fingerprint density at radius 3 is 2.44 bits per heavy atom. The Kier molecular flexibility index (Phi) is 2.05. The summed E-state index contributed by atoms with van der Waals surface area (Å²) in [6.07, 6.45) is -0.169. The first-order valence-corrected chi connectivity index (χ1v) is 3.20. The van der Waals surface area contributed by atoms with Crippen LogP contribution in [0.15, 0.2) is 0 Å². The molecule has 1 heterocycles. The second kappa shape index (κ2) is 2.64. The van der Waals surface area contributed by atoms with Crippen molar-refractivity contribution >= 4 is 0 Å². The monoisotopic (exact) mass is 132 g/mol. The largest absolute Gasteiger partial charge is 0.393 e. The van der Waals surface area contributed by atoms with Crippen molar-refractivity contribution in [3.8, 4) is 0 Å². The first kappa shape index (κ1) is 6.99. The number of aliphatic hydroxyl groups is 2. The van der Waals surface area contributed by atoms with Crippen molar-refractivity contribution in [1.82, 2.24) is 0 Å². The van der Waals surface area contributed by atoms with Gasteiger partial charge in [0.25, 0.3) is 0 Å². The summed E-state index contributed by atoms with van der Waals surface area (Å²) < 4.78 is 4.95. The van der Waals surface area contributed by atoms with Crippen LogP contribution in [0.2, 0.25) is 0 Å². The zero-order valence-corrected chi connectivity index (χ0v) is 5.45. The van der Waals surface area contributed by atoms with Gasteiger partial charge in [0, 0.05) is 6.42 Å². The van der Waals surface area contributed by atoms with Crippen LogP contribution in [0.1, 0.15) is 19.8 Å². The quantitative estimate of drug-likeness (QED) is 0.482. The van der Waals surface area contributed by atoms with Crippen molar-refractivity contribution in [3.05, 3.63) is 0 Å². The van der Waals surface area contributed by atoms with Crippen molar-refractivity contribution in [2.24, 2.45) is 0 Å². The molecule has 1 fully saturated rings. The fourth-order valence-electron chi connectivity index (χ4n) is 1.09. The summed E-state index contributed by atoms with van der Waals surface area (Å²) in [5.74, 6) is 0. The first-order chi connectivity index (χ1) is 4.18. The molecule has 3 atom stereocenters. The van der Waals surface area contributed by atoms with Gasteiger partial charge in [-0.2, -0.15) is 0 Å². The fourth-order valence-corrected chi connectivity index (χ4v) is 1.09. The average Bonchev–Trinajstić information content (AvgIpc) is 1.59. The molecule has 0 spiro atoms. The van der Waals surface area contributed by atoms with Crippen LogP contribution in [0.3, 0.4) is 0 Å². The van der Waals surface area contributed by atoms with E-state index in [1.54, 1.807) is 0 Å². The highest BCUT2D eigenvalue weighted by atomic mass is 16.6. The molecule has 9 heavy (non-hydrogen) atoms. The highest BCUT2D eigenvalue weighted by molar-refractivity contribution is 4.68. The predicted octanol–water partition coefficient (Wildman–Crippen LogP) is -0.135. The van der Waals surface area contributed by atoms with Crippen LogP contribution < -0.4 is 0 Å². The molecule has 54 valence electrons. The minimum Gasteiger partial charge on any atom is -0.393 e. The molecule has 0 aliphatic carbocycles. The van der Waals surface area contributed by atoms with E-state index in [9.17, 15) is 0 Å². The number of hydrogen-bond acceptors (Lipinski definition) is 3. The zero-order chi connectivity index (χ0) is 6.85. The molecule has 0 unspecified atom stereocenters. The van der Waals surface area contributed by atoms with Crippen LogP contribution in [0, 0.1) is 0 Å². The summed E-state index contributed by atoms with van der Waals surface area (Å²) in [6, 6.07) is 0. The normalized spacial score (nSPS) is 45.0. The van der Waals surface area contributed by atoms with E-state index in [4.69, 9.17) is 14.9 Å². The maximum atomic E-state index is 9.01. The number of rotatable bonds is 0. The van der Waals surface area contributed by atoms with Crippen molar-refractivity contribution in [1.29, 1.82) is 0 Å². The first-order valence-electron chi connectivity index (χ1n) is 3.20. The molecule has 0 aromatic rings. The molecule has 1 saturated heterocycles. The van der Waals surface area contributed by atoms with Gasteiger partial charge in [0.2, 0.25) is 0 Å². The Bertz CT molecular complexity index is 69.3. The third-order valence-electron chi connectivity index (χ3n) is 1.47. The number of aliphatic hydroxyl groups excluding tert-OH is 2. The molecule has 0 amide bonds. The van der Waals surface area contributed by atoms with E-state index < -0.39 is 6.29 Å². The zero-order valence-electron chi connectivity index (χ0n) is 5.45. The summed E-state index contributed by atoms with van der Waals surface area (Å²) in [5.41, 5.74) is 0. The van der Waals surface area contributed by atoms with Crippen LogP contribution in [-0.4, -0.2) is 28.7 Å². The van der Waals surface area contributed by atoms with Crippen molar-refractivity contribution < 1.29 is 14.9 Å². The minimum absolute atomic E-state index is 0.0104. The van der Waals surface area contributed by atoms with Gasteiger partial charge in [-0.05, 0) is 13.3 Å². The van der Waals surface area contributed by atoms with Gasteiger partial charge >= 0.3 is 0 Å². The van der Waals surface area contributed by atoms with Gasteiger partial charge in [0.15, 0.2) is 6.29 Å². The molecule has 1 rings (SSSR count). The van der Waals surface area contributed by atoms with E-state index in [1.807, 2.05) is 6.92 Å². The maximum Gasteiger partial charge on any atom is 0.157 e. The second-order valence-electron chi connectivity index (χ2n) is 2.53. The second-order valence-corrected chi connectivity index (χ2v) is 2.53. The number of hydrogen-bond donors (Lipinski definition) is 2. The van der Waals surface area contributed by atoms with E-state index in [0.717, 1.165) is 0 Å². The Labute approximate surface area is 54.3 Å². The van der Waals surface area contributed by atoms with Gasteiger partial charge in [0.05, 0.1) is 12.2 Å². The van der Waals surface area contributed by atoms with Crippen molar-refractivity contribution in [3.63, 3.8) is 0 Å². The molecular weight excluding hydrogens is 120 g/mol. The third kappa shape index (κ3) is 1.93. The highest BCUT2D eigenvalue weighted by Gasteiger charge is 2.23. The Balaban J connectivity index is 2.34. The van der Waals surface area contributed by atoms with Gasteiger partial charge in [-0.1, -0.05) is 0 Å². The summed E-state index contributed by atoms with van der Waals surface area (Å²) in [5, 5.41) is 17.9. The SMILES string of the molecule is C[C@H]1C[C@@H](O)C[C@H](O)O1. The number of ether oxygens (including phenoxy) is 1. The van der Waals surface area contributed by atoms with E-state index in [1.165, 1.54) is 0 Å². The lowest BCUT2D eigenvalue weighted by Gasteiger charge is -2.27. The molecule has 0 radical (unpaired) electrons. The smallest absolute Gasteiger partial charge is 0.157 e. The van der Waals surface area contributed by atoms with Crippen molar-refractivity contribution in [2.75, 3.05) is 0 Å². The van der Waals surface area contributed by atoms with E-state index in [-0.39, 0.29) is 12.2 Å². The Morgan fingerprint density at radius 1 is 1.33 bits per heavy atom. The van der Waals surface area contributed by atoms with Crippen LogP contribution >= 0.6 is 0 Å². The lowest BCUT2D eigenvalue weighted by Crippen LogP contribution is -2.33. The maximum absolute atomic E-state index is 9.01. The Morgan fingerprint density at radius 2 is 2.00 bits per heavy atom. The molecule has 0 aromatic heterocycles. The standard InChI is InChI=1S/C6H12O3/c1-4-2-5(7)3-6(8)9-4/h4-8H,2-3H2,1H3/t4-,5+,6+/m0/s1. The minimum atomic E-state index is -0.760. The fraction of sp³-hybridized carbons (Fsp3) is 1.00. The lowest BCUT2D eigenvalue weighted by atomic mass is 10.1. The van der Waals surface area contributed by atoms with Gasteiger partial charge in [-0.25, -0.2) is 0 Å². The molecule has 1 aliphatic heterocycles. The molecule has 3 nitrogen and oxygen atoms in total. The van der Waals surface area contributed by atoms with E-state index >= 15 is 0 Å². The van der Waals surface area contributed by atoms with Gasteiger partial charge < -0.3 is 14.9 Å². The predicted molar refractivity (Wildman–Crippen MR) is 31.8 cm³/mol. The molecule has 2 N–H and O–H groups in total. The molecule has 1 aliphatic rings. The Hall–Kier alpha value is -0.120. The highest BCUT2D eigenvalue weighted by Crippen LogP contribution is 2.16. The van der Waals surface area contributed by atoms with Gasteiger partial charge in [-0.3, -0.25) is 0 Å². The topological polar surface area (TPSA) is 49.7 Å². The van der Waals surface area contributed by atoms with Crippen LogP contribution in [0.25, 0.3) is 0 Å². The lowest BCUT2D eigenvalue weighted by molar-refractivity contribution is -0.183. The summed E-state index contributed by atoms with van der Waals surface area (Å²) >= 11 is 0. The summed E-state index contributed by atoms with van der Waals surface area (Å²) in [4.78, 5) is 0. The molecule has 0 aromatic carbocycles. The molecule has 3 heteroatoms. The summed E-state index contributed by atoms with van der Waals surface area (Å²) in [7, 11) is 0. The van der Waals surface area contributed by atoms with Crippen LogP contribution in [0.4, 0.5) is 0 Å². The summed E-state index contributed by atoms with van der Waals surface area (Å²) in [6.45, 7) is 1.84. The average molecular weight is 132 g/mol. The van der Waals surface area contributed by atoms with Gasteiger partial charge in [0.1, 0.15) is 0 Å². The van der Waals surface area contributed by atoms with E-state index in [2.05, 4.69) is 0 Å². The third-order valence-corrected chi connectivity index (χ3v) is 1.47. The molecular formula is C6H12O3. The van der Waals surface area contributed by atoms with Crippen LogP contribution in [0.5, 0.6) is 0 Å².